The van der Waals surface area contributed by atoms with E-state index in [1.54, 1.807) is 6.08 Å². The van der Waals surface area contributed by atoms with E-state index in [4.69, 9.17) is 5.26 Å². The molecule has 0 aliphatic heterocycles. The number of rotatable bonds is 3. The van der Waals surface area contributed by atoms with Crippen LogP contribution in [0.15, 0.2) is 30.3 Å². The highest BCUT2D eigenvalue weighted by Crippen LogP contribution is 2.32. The first-order chi connectivity index (χ1) is 11.5. The Morgan fingerprint density at radius 1 is 1.00 bits per heavy atom. The van der Waals surface area contributed by atoms with Crippen LogP contribution in [0.5, 0.6) is 0 Å². The van der Waals surface area contributed by atoms with Crippen molar-refractivity contribution in [3.05, 3.63) is 75.6 Å². The maximum absolute atomic E-state index is 14.4. The van der Waals surface area contributed by atoms with E-state index < -0.39 is 17.5 Å². The van der Waals surface area contributed by atoms with Gasteiger partial charge in [-0.1, -0.05) is 19.4 Å². The summed E-state index contributed by atoms with van der Waals surface area (Å²) >= 11 is 0. The SMILES string of the molecule is CCCc1cc(F)c(C2=CCc3cc(C#N)c(F)cc3C2)c(F)c1. The summed E-state index contributed by atoms with van der Waals surface area (Å²) in [6.45, 7) is 1.95. The van der Waals surface area contributed by atoms with Gasteiger partial charge in [-0.2, -0.15) is 5.26 Å². The molecule has 0 saturated heterocycles. The Bertz CT molecular complexity index is 852. The predicted molar refractivity (Wildman–Crippen MR) is 86.9 cm³/mol. The van der Waals surface area contributed by atoms with E-state index in [1.165, 1.54) is 24.3 Å². The molecule has 1 aliphatic carbocycles. The van der Waals surface area contributed by atoms with Crippen molar-refractivity contribution in [2.45, 2.75) is 32.6 Å². The molecular formula is C20H16F3N. The smallest absolute Gasteiger partial charge is 0.141 e. The van der Waals surface area contributed by atoms with Crippen LogP contribution in [0.4, 0.5) is 13.2 Å². The summed E-state index contributed by atoms with van der Waals surface area (Å²) < 4.78 is 42.6. The number of hydrogen-bond donors (Lipinski definition) is 0. The van der Waals surface area contributed by atoms with Gasteiger partial charge in [0.1, 0.15) is 23.5 Å². The van der Waals surface area contributed by atoms with Crippen molar-refractivity contribution >= 4 is 5.57 Å². The van der Waals surface area contributed by atoms with Crippen LogP contribution >= 0.6 is 0 Å². The molecule has 3 rings (SSSR count). The Labute approximate surface area is 139 Å². The van der Waals surface area contributed by atoms with E-state index in [2.05, 4.69) is 0 Å². The number of benzene rings is 2. The highest BCUT2D eigenvalue weighted by Gasteiger charge is 2.21. The van der Waals surface area contributed by atoms with Gasteiger partial charge in [0.05, 0.1) is 5.56 Å². The molecule has 0 atom stereocenters. The second-order valence-corrected chi connectivity index (χ2v) is 6.01. The van der Waals surface area contributed by atoms with Crippen LogP contribution in [0.3, 0.4) is 0 Å². The minimum atomic E-state index is -0.600. The number of aryl methyl sites for hydroxylation is 1. The summed E-state index contributed by atoms with van der Waals surface area (Å²) in [6, 6.07) is 7.36. The van der Waals surface area contributed by atoms with Crippen molar-refractivity contribution in [2.24, 2.45) is 0 Å². The zero-order valence-electron chi connectivity index (χ0n) is 13.3. The Balaban J connectivity index is 1.98. The van der Waals surface area contributed by atoms with Crippen LogP contribution in [-0.4, -0.2) is 0 Å². The van der Waals surface area contributed by atoms with Gasteiger partial charge in [0.25, 0.3) is 0 Å². The number of fused-ring (bicyclic) bond motifs is 1. The topological polar surface area (TPSA) is 23.8 Å². The monoisotopic (exact) mass is 327 g/mol. The lowest BCUT2D eigenvalue weighted by atomic mass is 9.86. The lowest BCUT2D eigenvalue weighted by Crippen LogP contribution is -2.08. The second kappa shape index (κ2) is 6.52. The molecule has 2 aromatic rings. The third kappa shape index (κ3) is 2.94. The molecule has 0 heterocycles. The maximum Gasteiger partial charge on any atom is 0.141 e. The van der Waals surface area contributed by atoms with Gasteiger partial charge in [0.2, 0.25) is 0 Å². The van der Waals surface area contributed by atoms with Crippen molar-refractivity contribution < 1.29 is 13.2 Å². The van der Waals surface area contributed by atoms with Gasteiger partial charge < -0.3 is 0 Å². The molecule has 0 aromatic heterocycles. The Morgan fingerprint density at radius 3 is 2.33 bits per heavy atom. The summed E-state index contributed by atoms with van der Waals surface area (Å²) in [5.74, 6) is -1.76. The number of nitriles is 1. The Kier molecular flexibility index (Phi) is 4.44. The number of nitrogens with zero attached hydrogens (tertiary/aromatic N) is 1. The van der Waals surface area contributed by atoms with Crippen molar-refractivity contribution in [3.8, 4) is 6.07 Å². The lowest BCUT2D eigenvalue weighted by Gasteiger charge is -2.19. The normalized spacial score (nSPS) is 13.2. The van der Waals surface area contributed by atoms with Gasteiger partial charge in [-0.15, -0.1) is 0 Å². The van der Waals surface area contributed by atoms with Crippen molar-refractivity contribution in [1.82, 2.24) is 0 Å². The van der Waals surface area contributed by atoms with Crippen molar-refractivity contribution in [1.29, 1.82) is 5.26 Å². The van der Waals surface area contributed by atoms with Gasteiger partial charge in [-0.05, 0) is 65.8 Å². The molecule has 2 aromatic carbocycles. The quantitative estimate of drug-likeness (QED) is 0.768. The van der Waals surface area contributed by atoms with Gasteiger partial charge in [0, 0.05) is 5.56 Å². The fourth-order valence-corrected chi connectivity index (χ4v) is 3.17. The Morgan fingerprint density at radius 2 is 1.71 bits per heavy atom. The molecule has 0 fully saturated rings. The van der Waals surface area contributed by atoms with Crippen LogP contribution in [0, 0.1) is 28.8 Å². The zero-order valence-corrected chi connectivity index (χ0v) is 13.3. The molecule has 122 valence electrons. The number of halogens is 3. The maximum atomic E-state index is 14.4. The molecule has 1 nitrogen and oxygen atoms in total. The van der Waals surface area contributed by atoms with E-state index in [9.17, 15) is 13.2 Å². The average molecular weight is 327 g/mol. The molecule has 1 aliphatic rings. The fourth-order valence-electron chi connectivity index (χ4n) is 3.17. The molecule has 0 spiro atoms. The molecule has 0 bridgehead atoms. The summed E-state index contributed by atoms with van der Waals surface area (Å²) in [7, 11) is 0. The van der Waals surface area contributed by atoms with Crippen LogP contribution in [-0.2, 0) is 19.3 Å². The van der Waals surface area contributed by atoms with Crippen LogP contribution in [0.25, 0.3) is 5.57 Å². The van der Waals surface area contributed by atoms with Gasteiger partial charge in [-0.3, -0.25) is 0 Å². The third-order valence-corrected chi connectivity index (χ3v) is 4.32. The minimum Gasteiger partial charge on any atom is -0.206 e. The van der Waals surface area contributed by atoms with Crippen LogP contribution in [0.1, 0.15) is 41.2 Å². The molecular weight excluding hydrogens is 311 g/mol. The van der Waals surface area contributed by atoms with Gasteiger partial charge in [0.15, 0.2) is 0 Å². The number of allylic oxidation sites excluding steroid dienone is 2. The van der Waals surface area contributed by atoms with E-state index in [1.807, 2.05) is 13.0 Å². The largest absolute Gasteiger partial charge is 0.206 e. The second-order valence-electron chi connectivity index (χ2n) is 6.01. The molecule has 0 unspecified atom stereocenters. The van der Waals surface area contributed by atoms with E-state index >= 15 is 0 Å². The first kappa shape index (κ1) is 16.3. The molecule has 0 N–H and O–H groups in total. The first-order valence-corrected chi connectivity index (χ1v) is 7.92. The van der Waals surface area contributed by atoms with E-state index in [0.29, 0.717) is 29.5 Å². The third-order valence-electron chi connectivity index (χ3n) is 4.32. The zero-order chi connectivity index (χ0) is 17.3. The molecule has 4 heteroatoms. The summed E-state index contributed by atoms with van der Waals surface area (Å²) in [6.07, 6.45) is 3.86. The number of hydrogen-bond acceptors (Lipinski definition) is 1. The van der Waals surface area contributed by atoms with Gasteiger partial charge >= 0.3 is 0 Å². The standard InChI is InChI=1S/C20H16F3N/c1-2-3-12-6-18(22)20(19(23)7-12)14-5-4-13-8-16(11-24)17(21)10-15(13)9-14/h5-8,10H,2-4,9H2,1H3. The highest BCUT2D eigenvalue weighted by molar-refractivity contribution is 5.72. The van der Waals surface area contributed by atoms with Crippen LogP contribution < -0.4 is 0 Å². The van der Waals surface area contributed by atoms with Gasteiger partial charge in [-0.25, -0.2) is 13.2 Å². The van der Waals surface area contributed by atoms with Crippen molar-refractivity contribution in [2.75, 3.05) is 0 Å². The summed E-state index contributed by atoms with van der Waals surface area (Å²) in [5, 5.41) is 8.89. The fraction of sp³-hybridized carbons (Fsp3) is 0.250. The predicted octanol–water partition coefficient (Wildman–Crippen LogP) is 5.11. The van der Waals surface area contributed by atoms with E-state index in [0.717, 1.165) is 12.0 Å². The average Bonchev–Trinajstić information content (AvgIpc) is 2.53. The minimum absolute atomic E-state index is 0.00752. The molecule has 24 heavy (non-hydrogen) atoms. The molecule has 0 saturated carbocycles. The molecule has 0 amide bonds. The first-order valence-electron chi connectivity index (χ1n) is 7.92. The lowest BCUT2D eigenvalue weighted by molar-refractivity contribution is 0.571. The Hall–Kier alpha value is -2.54. The summed E-state index contributed by atoms with van der Waals surface area (Å²) in [5.41, 5.74) is 2.60. The van der Waals surface area contributed by atoms with Crippen LogP contribution in [0.2, 0.25) is 0 Å². The summed E-state index contributed by atoms with van der Waals surface area (Å²) in [4.78, 5) is 0. The van der Waals surface area contributed by atoms with E-state index in [-0.39, 0.29) is 17.5 Å². The van der Waals surface area contributed by atoms with Crippen molar-refractivity contribution in [3.63, 3.8) is 0 Å². The molecule has 0 radical (unpaired) electrons. The highest BCUT2D eigenvalue weighted by atomic mass is 19.1.